The first-order valence-electron chi connectivity index (χ1n) is 12.8. The second kappa shape index (κ2) is 10.9. The van der Waals surface area contributed by atoms with Crippen LogP contribution in [0.1, 0.15) is 37.2 Å². The summed E-state index contributed by atoms with van der Waals surface area (Å²) in [6, 6.07) is 14.2. The molecule has 0 bridgehead atoms. The summed E-state index contributed by atoms with van der Waals surface area (Å²) in [7, 11) is 0. The highest BCUT2D eigenvalue weighted by molar-refractivity contribution is 7.18. The molecule has 5 rings (SSSR count). The van der Waals surface area contributed by atoms with E-state index < -0.39 is 6.10 Å². The van der Waals surface area contributed by atoms with Crippen LogP contribution >= 0.6 is 11.3 Å². The molecule has 4 aromatic rings. The van der Waals surface area contributed by atoms with E-state index in [4.69, 9.17) is 9.15 Å². The molecule has 2 aromatic heterocycles. The number of hydrogen-bond acceptors (Lipinski definition) is 9. The van der Waals surface area contributed by atoms with Crippen LogP contribution in [0.3, 0.4) is 0 Å². The Labute approximate surface area is 221 Å². The summed E-state index contributed by atoms with van der Waals surface area (Å²) in [5, 5.41) is 20.1. The maximum absolute atomic E-state index is 10.5. The molecule has 2 aromatic carbocycles. The maximum Gasteiger partial charge on any atom is 0.247 e. The van der Waals surface area contributed by atoms with Gasteiger partial charge in [-0.05, 0) is 42.2 Å². The fourth-order valence-corrected chi connectivity index (χ4v) is 5.33. The van der Waals surface area contributed by atoms with Gasteiger partial charge < -0.3 is 14.3 Å². The number of aliphatic hydroxyl groups excluding tert-OH is 1. The third-order valence-electron chi connectivity index (χ3n) is 6.67. The molecule has 1 saturated heterocycles. The standard InChI is InChI=1S/C28H35N5O3S/c1-19-29-24-15-23(9-10-25(24)37-19)35-18-22(34)16-32-11-13-33(14-12-32)17-26-30-31-27(36-26)20-5-7-21(8-6-20)28(2,3)4/h5-10,15,22,34H,11-14,16-18H2,1-4H3/t22-/m1/s1. The van der Waals surface area contributed by atoms with Crippen LogP contribution in [0.4, 0.5) is 0 Å². The molecule has 0 spiro atoms. The van der Waals surface area contributed by atoms with Gasteiger partial charge in [0, 0.05) is 44.4 Å². The van der Waals surface area contributed by atoms with E-state index in [9.17, 15) is 5.11 Å². The Morgan fingerprint density at radius 3 is 2.49 bits per heavy atom. The van der Waals surface area contributed by atoms with Gasteiger partial charge in [0.05, 0.1) is 21.8 Å². The number of fused-ring (bicyclic) bond motifs is 1. The zero-order chi connectivity index (χ0) is 26.0. The molecule has 196 valence electrons. The van der Waals surface area contributed by atoms with Crippen molar-refractivity contribution in [1.29, 1.82) is 0 Å². The Morgan fingerprint density at radius 1 is 1.03 bits per heavy atom. The van der Waals surface area contributed by atoms with E-state index in [0.717, 1.165) is 52.7 Å². The molecule has 0 saturated carbocycles. The summed E-state index contributed by atoms with van der Waals surface area (Å²) in [4.78, 5) is 9.09. The minimum Gasteiger partial charge on any atom is -0.491 e. The summed E-state index contributed by atoms with van der Waals surface area (Å²) < 4.78 is 12.9. The molecule has 1 atom stereocenters. The van der Waals surface area contributed by atoms with Gasteiger partial charge >= 0.3 is 0 Å². The Morgan fingerprint density at radius 2 is 1.76 bits per heavy atom. The van der Waals surface area contributed by atoms with Gasteiger partial charge in [-0.3, -0.25) is 9.80 Å². The summed E-state index contributed by atoms with van der Waals surface area (Å²) in [5.41, 5.74) is 3.27. The first-order valence-corrected chi connectivity index (χ1v) is 13.6. The van der Waals surface area contributed by atoms with E-state index in [0.29, 0.717) is 24.9 Å². The van der Waals surface area contributed by atoms with Crippen molar-refractivity contribution < 1.29 is 14.3 Å². The summed E-state index contributed by atoms with van der Waals surface area (Å²) in [6.45, 7) is 13.6. The van der Waals surface area contributed by atoms with Crippen LogP contribution < -0.4 is 4.74 Å². The lowest BCUT2D eigenvalue weighted by molar-refractivity contribution is 0.0431. The quantitative estimate of drug-likeness (QED) is 0.362. The largest absolute Gasteiger partial charge is 0.491 e. The van der Waals surface area contributed by atoms with E-state index in [1.165, 1.54) is 5.56 Å². The second-order valence-corrected chi connectivity index (χ2v) is 12.0. The predicted octanol–water partition coefficient (Wildman–Crippen LogP) is 4.51. The summed E-state index contributed by atoms with van der Waals surface area (Å²) in [5.74, 6) is 1.93. The van der Waals surface area contributed by atoms with E-state index >= 15 is 0 Å². The molecule has 1 fully saturated rings. The van der Waals surface area contributed by atoms with Crippen molar-refractivity contribution in [1.82, 2.24) is 25.0 Å². The molecule has 37 heavy (non-hydrogen) atoms. The molecular formula is C28H35N5O3S. The molecule has 1 aliphatic rings. The van der Waals surface area contributed by atoms with E-state index in [1.54, 1.807) is 11.3 Å². The Bertz CT molecular complexity index is 1320. The predicted molar refractivity (Wildman–Crippen MR) is 146 cm³/mol. The van der Waals surface area contributed by atoms with Gasteiger partial charge in [0.15, 0.2) is 0 Å². The zero-order valence-corrected chi connectivity index (χ0v) is 22.8. The molecule has 0 radical (unpaired) electrons. The monoisotopic (exact) mass is 521 g/mol. The number of β-amino-alcohol motifs (C(OH)–C–C–N with tert-alkyl or cyclic N) is 1. The Hall–Kier alpha value is -2.85. The normalized spacial score (nSPS) is 16.4. The maximum atomic E-state index is 10.5. The van der Waals surface area contributed by atoms with E-state index in [1.807, 2.05) is 37.3 Å². The van der Waals surface area contributed by atoms with Crippen molar-refractivity contribution in [3.05, 3.63) is 58.9 Å². The van der Waals surface area contributed by atoms with Gasteiger partial charge in [-0.15, -0.1) is 21.5 Å². The highest BCUT2D eigenvalue weighted by atomic mass is 32.1. The number of nitrogens with zero attached hydrogens (tertiary/aromatic N) is 5. The van der Waals surface area contributed by atoms with Crippen molar-refractivity contribution in [2.45, 2.75) is 45.8 Å². The summed E-state index contributed by atoms with van der Waals surface area (Å²) >= 11 is 1.67. The van der Waals surface area contributed by atoms with Crippen LogP contribution in [0.15, 0.2) is 46.9 Å². The summed E-state index contributed by atoms with van der Waals surface area (Å²) in [6.07, 6.45) is -0.553. The molecule has 0 aliphatic carbocycles. The van der Waals surface area contributed by atoms with Crippen molar-refractivity contribution >= 4 is 21.6 Å². The van der Waals surface area contributed by atoms with Crippen LogP contribution in [0.5, 0.6) is 5.75 Å². The Kier molecular flexibility index (Phi) is 7.57. The van der Waals surface area contributed by atoms with Gasteiger partial charge in [-0.25, -0.2) is 4.98 Å². The highest BCUT2D eigenvalue weighted by Crippen LogP contribution is 2.27. The van der Waals surface area contributed by atoms with Crippen LogP contribution in [-0.4, -0.2) is 75.5 Å². The fourth-order valence-electron chi connectivity index (χ4n) is 4.52. The molecule has 0 amide bonds. The van der Waals surface area contributed by atoms with Crippen LogP contribution in [0.2, 0.25) is 0 Å². The second-order valence-electron chi connectivity index (χ2n) is 10.7. The lowest BCUT2D eigenvalue weighted by Gasteiger charge is -2.34. The molecule has 1 N–H and O–H groups in total. The lowest BCUT2D eigenvalue weighted by atomic mass is 9.87. The van der Waals surface area contributed by atoms with Gasteiger partial charge in [-0.2, -0.15) is 0 Å². The SMILES string of the molecule is Cc1nc2cc(OC[C@H](O)CN3CCN(Cc4nnc(-c5ccc(C(C)(C)C)cc5)o4)CC3)ccc2s1. The van der Waals surface area contributed by atoms with Gasteiger partial charge in [0.2, 0.25) is 11.8 Å². The van der Waals surface area contributed by atoms with Crippen LogP contribution in [-0.2, 0) is 12.0 Å². The van der Waals surface area contributed by atoms with E-state index in [-0.39, 0.29) is 12.0 Å². The zero-order valence-electron chi connectivity index (χ0n) is 22.0. The number of aromatic nitrogens is 3. The number of aliphatic hydroxyl groups is 1. The molecule has 0 unspecified atom stereocenters. The van der Waals surface area contributed by atoms with Gasteiger partial charge in [0.1, 0.15) is 18.5 Å². The third-order valence-corrected chi connectivity index (χ3v) is 7.62. The average Bonchev–Trinajstić information content (AvgIpc) is 3.49. The number of rotatable bonds is 8. The Balaban J connectivity index is 1.06. The van der Waals surface area contributed by atoms with Crippen LogP contribution in [0.25, 0.3) is 21.7 Å². The molecule has 9 heteroatoms. The first-order chi connectivity index (χ1) is 17.7. The van der Waals surface area contributed by atoms with Gasteiger partial charge in [-0.1, -0.05) is 32.9 Å². The smallest absolute Gasteiger partial charge is 0.247 e. The van der Waals surface area contributed by atoms with E-state index in [2.05, 4.69) is 57.9 Å². The molecule has 8 nitrogen and oxygen atoms in total. The minimum absolute atomic E-state index is 0.111. The van der Waals surface area contributed by atoms with Gasteiger partial charge in [0.25, 0.3) is 0 Å². The number of piperazine rings is 1. The van der Waals surface area contributed by atoms with Crippen molar-refractivity contribution in [2.24, 2.45) is 0 Å². The molecule has 3 heterocycles. The number of hydrogen-bond donors (Lipinski definition) is 1. The molecular weight excluding hydrogens is 486 g/mol. The number of ether oxygens (including phenoxy) is 1. The topological polar surface area (TPSA) is 87.8 Å². The van der Waals surface area contributed by atoms with Crippen molar-refractivity contribution in [3.8, 4) is 17.2 Å². The highest BCUT2D eigenvalue weighted by Gasteiger charge is 2.22. The third kappa shape index (κ3) is 6.54. The fraction of sp³-hybridized carbons (Fsp3) is 0.464. The average molecular weight is 522 g/mol. The minimum atomic E-state index is -0.553. The molecule has 1 aliphatic heterocycles. The van der Waals surface area contributed by atoms with Crippen molar-refractivity contribution in [2.75, 3.05) is 39.3 Å². The lowest BCUT2D eigenvalue weighted by Crippen LogP contribution is -2.48. The first kappa shape index (κ1) is 25.8. The number of aryl methyl sites for hydroxylation is 1. The van der Waals surface area contributed by atoms with Crippen molar-refractivity contribution in [3.63, 3.8) is 0 Å². The number of benzene rings is 2. The van der Waals surface area contributed by atoms with Crippen LogP contribution in [0, 0.1) is 6.92 Å². The number of thiazole rings is 1.